The number of hydrazine groups is 1. The summed E-state index contributed by atoms with van der Waals surface area (Å²) in [5.41, 5.74) is 1.96. The Balaban J connectivity index is 2.77. The molecule has 1 amide bonds. The molecule has 0 bridgehead atoms. The normalized spacial score (nSPS) is 9.00. The molecule has 1 heterocycles. The summed E-state index contributed by atoms with van der Waals surface area (Å²) in [4.78, 5) is 11.0. The summed E-state index contributed by atoms with van der Waals surface area (Å²) in [6.07, 6.45) is 1.35. The van der Waals surface area contributed by atoms with Crippen molar-refractivity contribution < 1.29 is 4.79 Å². The first-order chi connectivity index (χ1) is 4.34. The van der Waals surface area contributed by atoms with E-state index >= 15 is 0 Å². The first-order valence-corrected chi connectivity index (χ1v) is 2.90. The number of hydrogen-bond acceptors (Lipinski definition) is 5. The van der Waals surface area contributed by atoms with Crippen molar-refractivity contribution in [2.45, 2.75) is 0 Å². The van der Waals surface area contributed by atoms with Crippen molar-refractivity contribution in [2.75, 3.05) is 0 Å². The number of carbonyl (C=O) groups is 1. The topological polar surface area (TPSA) is 80.9 Å². The number of aromatic nitrogens is 2. The van der Waals surface area contributed by atoms with Gasteiger partial charge in [0.15, 0.2) is 0 Å². The Morgan fingerprint density at radius 1 is 1.89 bits per heavy atom. The number of nitrogens with zero attached hydrogens (tertiary/aromatic N) is 2. The van der Waals surface area contributed by atoms with Crippen LogP contribution >= 0.6 is 11.5 Å². The highest BCUT2D eigenvalue weighted by atomic mass is 32.1. The molecule has 0 aliphatic heterocycles. The van der Waals surface area contributed by atoms with Gasteiger partial charge in [-0.15, -0.1) is 5.10 Å². The number of carbonyl (C=O) groups excluding carboxylic acids is 1. The second-order valence-electron chi connectivity index (χ2n) is 1.26. The summed E-state index contributed by atoms with van der Waals surface area (Å²) in [6, 6.07) is 0. The van der Waals surface area contributed by atoms with Gasteiger partial charge >= 0.3 is 0 Å². The maximum absolute atomic E-state index is 10.6. The first kappa shape index (κ1) is 6.12. The molecule has 5 nitrogen and oxygen atoms in total. The number of nitrogen functional groups attached to an aromatic ring is 1. The van der Waals surface area contributed by atoms with E-state index in [0.717, 1.165) is 11.5 Å². The zero-order valence-corrected chi connectivity index (χ0v) is 5.18. The van der Waals surface area contributed by atoms with E-state index < -0.39 is 0 Å². The summed E-state index contributed by atoms with van der Waals surface area (Å²) < 4.78 is 3.47. The van der Waals surface area contributed by atoms with Crippen molar-refractivity contribution in [1.29, 1.82) is 0 Å². The predicted octanol–water partition coefficient (Wildman–Crippen LogP) is -0.858. The molecule has 0 atom stereocenters. The number of amides is 1. The van der Waals surface area contributed by atoms with E-state index in [1.807, 2.05) is 5.43 Å². The largest absolute Gasteiger partial charge is 0.289 e. The van der Waals surface area contributed by atoms with Crippen LogP contribution in [0.4, 0.5) is 0 Å². The van der Waals surface area contributed by atoms with Gasteiger partial charge in [-0.25, -0.2) is 5.84 Å². The van der Waals surface area contributed by atoms with E-state index in [1.165, 1.54) is 6.20 Å². The van der Waals surface area contributed by atoms with E-state index in [4.69, 9.17) is 5.84 Å². The SMILES string of the molecule is NNC(=O)c1cnns1. The zero-order valence-electron chi connectivity index (χ0n) is 4.37. The fraction of sp³-hybridized carbons (Fsp3) is 0. The van der Waals surface area contributed by atoms with Crippen molar-refractivity contribution in [3.63, 3.8) is 0 Å². The summed E-state index contributed by atoms with van der Waals surface area (Å²) in [5.74, 6) is 4.46. The lowest BCUT2D eigenvalue weighted by atomic mass is 10.5. The molecule has 6 heteroatoms. The molecule has 3 N–H and O–H groups in total. The van der Waals surface area contributed by atoms with Crippen molar-refractivity contribution in [3.05, 3.63) is 11.1 Å². The molecular formula is C3H4N4OS. The highest BCUT2D eigenvalue weighted by molar-refractivity contribution is 7.07. The van der Waals surface area contributed by atoms with Crippen LogP contribution in [0.3, 0.4) is 0 Å². The standard InChI is InChI=1S/C3H4N4OS/c4-6-3(8)2-1-5-7-9-2/h1H,4H2,(H,6,8). The van der Waals surface area contributed by atoms with Crippen molar-refractivity contribution in [3.8, 4) is 0 Å². The molecule has 9 heavy (non-hydrogen) atoms. The molecule has 1 aromatic heterocycles. The van der Waals surface area contributed by atoms with E-state index in [0.29, 0.717) is 4.88 Å². The number of hydrogen-bond donors (Lipinski definition) is 2. The first-order valence-electron chi connectivity index (χ1n) is 2.13. The average molecular weight is 144 g/mol. The van der Waals surface area contributed by atoms with Gasteiger partial charge in [0.2, 0.25) is 0 Å². The molecule has 0 spiro atoms. The summed E-state index contributed by atoms with van der Waals surface area (Å²) >= 11 is 1.00. The van der Waals surface area contributed by atoms with Gasteiger partial charge in [-0.2, -0.15) is 0 Å². The third-order valence-corrected chi connectivity index (χ3v) is 1.38. The second kappa shape index (κ2) is 2.51. The number of nitrogens with one attached hydrogen (secondary N) is 1. The molecule has 1 aromatic rings. The van der Waals surface area contributed by atoms with Gasteiger partial charge in [0, 0.05) is 0 Å². The lowest BCUT2D eigenvalue weighted by molar-refractivity contribution is 0.0957. The van der Waals surface area contributed by atoms with Gasteiger partial charge in [-0.1, -0.05) is 4.49 Å². The fourth-order valence-corrected chi connectivity index (χ4v) is 0.757. The van der Waals surface area contributed by atoms with Gasteiger partial charge in [0.05, 0.1) is 6.20 Å². The third-order valence-electron chi connectivity index (χ3n) is 0.716. The average Bonchev–Trinajstić information content (AvgIpc) is 2.37. The van der Waals surface area contributed by atoms with Gasteiger partial charge in [0.25, 0.3) is 5.91 Å². The summed E-state index contributed by atoms with van der Waals surface area (Å²) in [7, 11) is 0. The molecule has 0 radical (unpaired) electrons. The highest BCUT2D eigenvalue weighted by Gasteiger charge is 2.03. The van der Waals surface area contributed by atoms with Crippen LogP contribution in [-0.4, -0.2) is 15.5 Å². The van der Waals surface area contributed by atoms with Crippen LogP contribution in [0.2, 0.25) is 0 Å². The predicted molar refractivity (Wildman–Crippen MR) is 31.6 cm³/mol. The Morgan fingerprint density at radius 2 is 2.67 bits per heavy atom. The molecule has 0 aromatic carbocycles. The maximum atomic E-state index is 10.6. The van der Waals surface area contributed by atoms with E-state index in [-0.39, 0.29) is 5.91 Å². The van der Waals surface area contributed by atoms with E-state index in [2.05, 4.69) is 9.59 Å². The molecular weight excluding hydrogens is 140 g/mol. The van der Waals surface area contributed by atoms with E-state index in [1.54, 1.807) is 0 Å². The third kappa shape index (κ3) is 1.21. The minimum atomic E-state index is -0.356. The Hall–Kier alpha value is -1.01. The minimum Gasteiger partial charge on any atom is -0.289 e. The molecule has 0 saturated heterocycles. The van der Waals surface area contributed by atoms with Crippen molar-refractivity contribution in [1.82, 2.24) is 15.0 Å². The molecule has 0 saturated carbocycles. The molecule has 1 rings (SSSR count). The highest BCUT2D eigenvalue weighted by Crippen LogP contribution is 1.99. The molecule has 0 aliphatic carbocycles. The summed E-state index contributed by atoms with van der Waals surface area (Å²) in [5, 5.41) is 3.44. The van der Waals surface area contributed by atoms with Crippen LogP contribution in [0.5, 0.6) is 0 Å². The smallest absolute Gasteiger partial charge is 0.278 e. The van der Waals surface area contributed by atoms with Gasteiger partial charge in [0.1, 0.15) is 4.88 Å². The van der Waals surface area contributed by atoms with Crippen LogP contribution in [0.15, 0.2) is 6.20 Å². The summed E-state index contributed by atoms with van der Waals surface area (Å²) in [6.45, 7) is 0. The Morgan fingerprint density at radius 3 is 3.11 bits per heavy atom. The van der Waals surface area contributed by atoms with Crippen molar-refractivity contribution >= 4 is 17.4 Å². The van der Waals surface area contributed by atoms with Crippen LogP contribution in [0, 0.1) is 0 Å². The maximum Gasteiger partial charge on any atom is 0.278 e. The van der Waals surface area contributed by atoms with E-state index in [9.17, 15) is 4.79 Å². The van der Waals surface area contributed by atoms with Gasteiger partial charge in [-0.3, -0.25) is 10.2 Å². The van der Waals surface area contributed by atoms with Gasteiger partial charge in [-0.05, 0) is 11.5 Å². The molecule has 0 fully saturated rings. The monoisotopic (exact) mass is 144 g/mol. The lowest BCUT2D eigenvalue weighted by Crippen LogP contribution is -2.29. The van der Waals surface area contributed by atoms with Crippen LogP contribution in [-0.2, 0) is 0 Å². The second-order valence-corrected chi connectivity index (χ2v) is 2.04. The zero-order chi connectivity index (χ0) is 6.69. The Labute approximate surface area is 55.0 Å². The number of nitrogens with two attached hydrogens (primary N) is 1. The lowest BCUT2D eigenvalue weighted by Gasteiger charge is -1.88. The number of rotatable bonds is 1. The van der Waals surface area contributed by atoms with Gasteiger partial charge < -0.3 is 0 Å². The van der Waals surface area contributed by atoms with Crippen LogP contribution < -0.4 is 11.3 Å². The fourth-order valence-electron chi connectivity index (χ4n) is 0.338. The molecule has 0 aliphatic rings. The quantitative estimate of drug-likeness (QED) is 0.305. The van der Waals surface area contributed by atoms with Crippen molar-refractivity contribution in [2.24, 2.45) is 5.84 Å². The Kier molecular flexibility index (Phi) is 1.71. The van der Waals surface area contributed by atoms with Crippen LogP contribution in [0.25, 0.3) is 0 Å². The minimum absolute atomic E-state index is 0.356. The Bertz CT molecular complexity index is 196. The molecule has 0 unspecified atom stereocenters. The van der Waals surface area contributed by atoms with Crippen LogP contribution in [0.1, 0.15) is 9.67 Å². The molecule has 48 valence electrons.